The molecule has 21 heavy (non-hydrogen) atoms. The largest absolute Gasteiger partial charge is 0.481 e. The summed E-state index contributed by atoms with van der Waals surface area (Å²) in [5, 5.41) is 18.7. The molecule has 1 fully saturated rings. The number of aryl methyl sites for hydroxylation is 1. The normalized spacial score (nSPS) is 21.0. The number of benzene rings is 1. The molecule has 2 unspecified atom stereocenters. The van der Waals surface area contributed by atoms with Crippen molar-refractivity contribution in [2.24, 2.45) is 5.92 Å². The maximum absolute atomic E-state index is 11.4. The molecule has 1 N–H and O–H groups in total. The highest BCUT2D eigenvalue weighted by molar-refractivity contribution is 5.73. The summed E-state index contributed by atoms with van der Waals surface area (Å²) in [7, 11) is 0. The molecule has 1 aromatic rings. The van der Waals surface area contributed by atoms with Crippen LogP contribution in [0.15, 0.2) is 18.2 Å². The zero-order valence-corrected chi connectivity index (χ0v) is 12.4. The minimum atomic E-state index is -0.843. The summed E-state index contributed by atoms with van der Waals surface area (Å²) in [6.07, 6.45) is 0.877. The third-order valence-electron chi connectivity index (χ3n) is 3.81. The van der Waals surface area contributed by atoms with Gasteiger partial charge in [0, 0.05) is 6.54 Å². The highest BCUT2D eigenvalue weighted by atomic mass is 16.5. The molecule has 112 valence electrons. The van der Waals surface area contributed by atoms with E-state index in [0.717, 1.165) is 17.7 Å². The Morgan fingerprint density at radius 2 is 2.29 bits per heavy atom. The SMILES string of the molecule is CCCN(c1ccc(C)cc1C#N)C1COCC1C(=O)O. The lowest BCUT2D eigenvalue weighted by Crippen LogP contribution is -2.44. The van der Waals surface area contributed by atoms with E-state index in [1.807, 2.05) is 36.9 Å². The molecule has 1 aliphatic heterocycles. The van der Waals surface area contributed by atoms with E-state index >= 15 is 0 Å². The summed E-state index contributed by atoms with van der Waals surface area (Å²) in [5.74, 6) is -1.39. The van der Waals surface area contributed by atoms with Gasteiger partial charge in [-0.05, 0) is 31.0 Å². The van der Waals surface area contributed by atoms with Crippen LogP contribution in [0.4, 0.5) is 5.69 Å². The molecule has 0 aromatic heterocycles. The summed E-state index contributed by atoms with van der Waals surface area (Å²) in [4.78, 5) is 13.4. The maximum Gasteiger partial charge on any atom is 0.311 e. The molecule has 1 aromatic carbocycles. The second-order valence-electron chi connectivity index (χ2n) is 5.38. The molecular formula is C16H20N2O3. The van der Waals surface area contributed by atoms with E-state index in [-0.39, 0.29) is 12.6 Å². The number of hydrogen-bond acceptors (Lipinski definition) is 4. The predicted octanol–water partition coefficient (Wildman–Crippen LogP) is 2.18. The third-order valence-corrected chi connectivity index (χ3v) is 3.81. The van der Waals surface area contributed by atoms with Crippen LogP contribution in [0.25, 0.3) is 0 Å². The van der Waals surface area contributed by atoms with E-state index < -0.39 is 11.9 Å². The smallest absolute Gasteiger partial charge is 0.311 e. The van der Waals surface area contributed by atoms with Crippen LogP contribution in [0.5, 0.6) is 0 Å². The Morgan fingerprint density at radius 3 is 2.90 bits per heavy atom. The highest BCUT2D eigenvalue weighted by Gasteiger charge is 2.38. The first-order valence-electron chi connectivity index (χ1n) is 7.16. The molecule has 0 bridgehead atoms. The van der Waals surface area contributed by atoms with E-state index in [2.05, 4.69) is 6.07 Å². The maximum atomic E-state index is 11.4. The number of carboxylic acids is 1. The molecule has 0 radical (unpaired) electrons. The van der Waals surface area contributed by atoms with Crippen LogP contribution in [-0.4, -0.2) is 36.9 Å². The van der Waals surface area contributed by atoms with Crippen LogP contribution >= 0.6 is 0 Å². The molecular weight excluding hydrogens is 268 g/mol. The standard InChI is InChI=1S/C16H20N2O3/c1-3-6-18(15-10-21-9-13(15)16(19)20)14-5-4-11(2)7-12(14)8-17/h4-5,7,13,15H,3,6,9-10H2,1-2H3,(H,19,20). The van der Waals surface area contributed by atoms with Crippen molar-refractivity contribution in [2.45, 2.75) is 26.3 Å². The molecule has 0 amide bonds. The van der Waals surface area contributed by atoms with Crippen molar-refractivity contribution in [3.05, 3.63) is 29.3 Å². The summed E-state index contributed by atoms with van der Waals surface area (Å²) in [6, 6.07) is 7.68. The van der Waals surface area contributed by atoms with Gasteiger partial charge in [0.05, 0.1) is 30.5 Å². The lowest BCUT2D eigenvalue weighted by Gasteiger charge is -2.33. The zero-order valence-electron chi connectivity index (χ0n) is 12.4. The second-order valence-corrected chi connectivity index (χ2v) is 5.38. The molecule has 0 aliphatic carbocycles. The quantitative estimate of drug-likeness (QED) is 0.899. The van der Waals surface area contributed by atoms with Gasteiger partial charge in [-0.1, -0.05) is 13.0 Å². The lowest BCUT2D eigenvalue weighted by molar-refractivity contribution is -0.141. The Balaban J connectivity index is 2.40. The first-order valence-corrected chi connectivity index (χ1v) is 7.16. The highest BCUT2D eigenvalue weighted by Crippen LogP contribution is 2.29. The number of hydrogen-bond donors (Lipinski definition) is 1. The summed E-state index contributed by atoms with van der Waals surface area (Å²) in [6.45, 7) is 5.30. The van der Waals surface area contributed by atoms with Gasteiger partial charge in [-0.15, -0.1) is 0 Å². The van der Waals surface area contributed by atoms with Gasteiger partial charge in [-0.2, -0.15) is 5.26 Å². The van der Waals surface area contributed by atoms with Crippen molar-refractivity contribution in [3.63, 3.8) is 0 Å². The Labute approximate surface area is 124 Å². The van der Waals surface area contributed by atoms with Gasteiger partial charge >= 0.3 is 5.97 Å². The number of carboxylic acid groups (broad SMARTS) is 1. The third kappa shape index (κ3) is 3.17. The van der Waals surface area contributed by atoms with E-state index in [4.69, 9.17) is 4.74 Å². The van der Waals surface area contributed by atoms with Crippen molar-refractivity contribution >= 4 is 11.7 Å². The van der Waals surface area contributed by atoms with Crippen LogP contribution in [0.1, 0.15) is 24.5 Å². The molecule has 2 atom stereocenters. The molecule has 2 rings (SSSR count). The van der Waals surface area contributed by atoms with Crippen LogP contribution in [0.2, 0.25) is 0 Å². The van der Waals surface area contributed by atoms with Gasteiger partial charge in [0.1, 0.15) is 12.0 Å². The number of rotatable bonds is 5. The summed E-state index contributed by atoms with van der Waals surface area (Å²) in [5.41, 5.74) is 2.40. The van der Waals surface area contributed by atoms with Gasteiger partial charge in [0.25, 0.3) is 0 Å². The van der Waals surface area contributed by atoms with Gasteiger partial charge < -0.3 is 14.7 Å². The molecule has 0 spiro atoms. The average Bonchev–Trinajstić information content (AvgIpc) is 2.94. The van der Waals surface area contributed by atoms with Crippen molar-refractivity contribution in [1.82, 2.24) is 0 Å². The fraction of sp³-hybridized carbons (Fsp3) is 0.500. The van der Waals surface area contributed by atoms with Crippen molar-refractivity contribution in [2.75, 3.05) is 24.7 Å². The average molecular weight is 288 g/mol. The molecule has 1 saturated heterocycles. The van der Waals surface area contributed by atoms with Crippen LogP contribution in [-0.2, 0) is 9.53 Å². The zero-order chi connectivity index (χ0) is 15.4. The first-order chi connectivity index (χ1) is 10.1. The topological polar surface area (TPSA) is 73.6 Å². The number of nitrogens with zero attached hydrogens (tertiary/aromatic N) is 2. The second kappa shape index (κ2) is 6.59. The van der Waals surface area contributed by atoms with Crippen LogP contribution in [0.3, 0.4) is 0 Å². The molecule has 5 heteroatoms. The number of carbonyl (C=O) groups is 1. The van der Waals surface area contributed by atoms with Crippen molar-refractivity contribution in [1.29, 1.82) is 5.26 Å². The van der Waals surface area contributed by atoms with Gasteiger partial charge in [0.2, 0.25) is 0 Å². The first kappa shape index (κ1) is 15.3. The number of anilines is 1. The minimum Gasteiger partial charge on any atom is -0.481 e. The van der Waals surface area contributed by atoms with E-state index in [9.17, 15) is 15.2 Å². The monoisotopic (exact) mass is 288 g/mol. The Morgan fingerprint density at radius 1 is 1.52 bits per heavy atom. The molecule has 1 heterocycles. The minimum absolute atomic E-state index is 0.225. The number of aliphatic carboxylic acids is 1. The van der Waals surface area contributed by atoms with Gasteiger partial charge in [0.15, 0.2) is 0 Å². The lowest BCUT2D eigenvalue weighted by atomic mass is 9.99. The van der Waals surface area contributed by atoms with E-state index in [1.165, 1.54) is 0 Å². The predicted molar refractivity (Wildman–Crippen MR) is 79.3 cm³/mol. The Bertz CT molecular complexity index is 565. The van der Waals surface area contributed by atoms with Gasteiger partial charge in [-0.3, -0.25) is 4.79 Å². The Hall–Kier alpha value is -2.06. The molecule has 5 nitrogen and oxygen atoms in total. The van der Waals surface area contributed by atoms with E-state index in [0.29, 0.717) is 18.7 Å². The molecule has 1 aliphatic rings. The van der Waals surface area contributed by atoms with Crippen LogP contribution in [0, 0.1) is 24.2 Å². The van der Waals surface area contributed by atoms with Crippen LogP contribution < -0.4 is 4.90 Å². The molecule has 0 saturated carbocycles. The number of ether oxygens (including phenoxy) is 1. The fourth-order valence-electron chi connectivity index (χ4n) is 2.78. The summed E-state index contributed by atoms with van der Waals surface area (Å²) < 4.78 is 5.37. The van der Waals surface area contributed by atoms with E-state index in [1.54, 1.807) is 0 Å². The fourth-order valence-corrected chi connectivity index (χ4v) is 2.78. The number of nitriles is 1. The van der Waals surface area contributed by atoms with Crippen molar-refractivity contribution < 1.29 is 14.6 Å². The van der Waals surface area contributed by atoms with Gasteiger partial charge in [-0.25, -0.2) is 0 Å². The summed E-state index contributed by atoms with van der Waals surface area (Å²) >= 11 is 0. The Kier molecular flexibility index (Phi) is 4.81. The van der Waals surface area contributed by atoms with Crippen molar-refractivity contribution in [3.8, 4) is 6.07 Å².